The monoisotopic (exact) mass is 319 g/mol. The molecule has 0 amide bonds. The maximum absolute atomic E-state index is 9.09. The Morgan fingerprint density at radius 3 is 2.40 bits per heavy atom. The molecule has 0 unspecified atom stereocenters. The van der Waals surface area contributed by atoms with E-state index in [-0.39, 0.29) is 12.0 Å². The van der Waals surface area contributed by atoms with Crippen molar-refractivity contribution in [3.05, 3.63) is 33.4 Å². The Morgan fingerprint density at radius 1 is 1.27 bits per heavy atom. The highest BCUT2D eigenvalue weighted by molar-refractivity contribution is 14.1. The molecule has 0 saturated carbocycles. The summed E-state index contributed by atoms with van der Waals surface area (Å²) in [5, 5.41) is 12.4. The minimum Gasteiger partial charge on any atom is -0.396 e. The molecule has 0 atom stereocenters. The molecule has 0 aliphatic heterocycles. The van der Waals surface area contributed by atoms with Gasteiger partial charge >= 0.3 is 0 Å². The van der Waals surface area contributed by atoms with Crippen LogP contribution in [-0.2, 0) is 6.54 Å². The minimum absolute atomic E-state index is 0.0385. The van der Waals surface area contributed by atoms with E-state index in [0.29, 0.717) is 0 Å². The smallest absolute Gasteiger partial charge is 0.0494 e. The summed E-state index contributed by atoms with van der Waals surface area (Å²) in [5.41, 5.74) is 1.24. The van der Waals surface area contributed by atoms with Gasteiger partial charge in [-0.1, -0.05) is 26.0 Å². The number of aliphatic hydroxyl groups is 1. The highest BCUT2D eigenvalue weighted by Gasteiger charge is 2.15. The van der Waals surface area contributed by atoms with E-state index in [9.17, 15) is 0 Å². The SMILES string of the molecule is CC(C)(CO)CNCc1ccc(I)cc1. The van der Waals surface area contributed by atoms with Crippen LogP contribution in [0.5, 0.6) is 0 Å². The van der Waals surface area contributed by atoms with E-state index < -0.39 is 0 Å². The standard InChI is InChI=1S/C12H18INO/c1-12(2,9-15)8-14-7-10-3-5-11(13)6-4-10/h3-6,14-15H,7-9H2,1-2H3. The van der Waals surface area contributed by atoms with Crippen molar-refractivity contribution in [2.24, 2.45) is 5.41 Å². The quantitative estimate of drug-likeness (QED) is 0.817. The van der Waals surface area contributed by atoms with Crippen LogP contribution >= 0.6 is 22.6 Å². The third kappa shape index (κ3) is 4.95. The van der Waals surface area contributed by atoms with Crippen molar-refractivity contribution < 1.29 is 5.11 Å². The lowest BCUT2D eigenvalue weighted by molar-refractivity contribution is 0.156. The molecule has 0 fully saturated rings. The molecule has 0 saturated heterocycles. The summed E-state index contributed by atoms with van der Waals surface area (Å²) in [6, 6.07) is 8.46. The normalized spacial score (nSPS) is 11.7. The molecule has 1 aromatic rings. The Labute approximate surface area is 105 Å². The molecule has 0 aliphatic carbocycles. The summed E-state index contributed by atoms with van der Waals surface area (Å²) in [6.07, 6.45) is 0. The third-order valence-electron chi connectivity index (χ3n) is 2.27. The largest absolute Gasteiger partial charge is 0.396 e. The molecule has 1 aromatic carbocycles. The van der Waals surface area contributed by atoms with Crippen LogP contribution in [0.4, 0.5) is 0 Å². The fourth-order valence-electron chi connectivity index (χ4n) is 1.20. The van der Waals surface area contributed by atoms with Gasteiger partial charge in [0.25, 0.3) is 0 Å². The Kier molecular flexibility index (Phi) is 5.02. The average molecular weight is 319 g/mol. The molecule has 0 radical (unpaired) electrons. The molecule has 2 nitrogen and oxygen atoms in total. The molecule has 0 aliphatic rings. The maximum Gasteiger partial charge on any atom is 0.0494 e. The van der Waals surface area contributed by atoms with Gasteiger partial charge in [0.15, 0.2) is 0 Å². The lowest BCUT2D eigenvalue weighted by Gasteiger charge is -2.21. The van der Waals surface area contributed by atoms with Crippen LogP contribution < -0.4 is 5.32 Å². The number of hydrogen-bond donors (Lipinski definition) is 2. The zero-order valence-corrected chi connectivity index (χ0v) is 11.4. The zero-order valence-electron chi connectivity index (χ0n) is 9.26. The first-order valence-corrected chi connectivity index (χ1v) is 6.17. The van der Waals surface area contributed by atoms with Gasteiger partial charge in [-0.15, -0.1) is 0 Å². The fourth-order valence-corrected chi connectivity index (χ4v) is 1.56. The van der Waals surface area contributed by atoms with Gasteiger partial charge in [0.1, 0.15) is 0 Å². The van der Waals surface area contributed by atoms with Gasteiger partial charge in [0, 0.05) is 28.7 Å². The van der Waals surface area contributed by atoms with Crippen molar-refractivity contribution in [3.63, 3.8) is 0 Å². The van der Waals surface area contributed by atoms with Gasteiger partial charge in [-0.05, 0) is 40.3 Å². The number of hydrogen-bond acceptors (Lipinski definition) is 2. The zero-order chi connectivity index (χ0) is 11.3. The second kappa shape index (κ2) is 5.82. The predicted molar refractivity (Wildman–Crippen MR) is 71.7 cm³/mol. The number of halogens is 1. The second-order valence-corrected chi connectivity index (χ2v) is 5.80. The topological polar surface area (TPSA) is 32.3 Å². The fraction of sp³-hybridized carbons (Fsp3) is 0.500. The van der Waals surface area contributed by atoms with E-state index in [1.54, 1.807) is 0 Å². The summed E-state index contributed by atoms with van der Waals surface area (Å²) in [7, 11) is 0. The van der Waals surface area contributed by atoms with Crippen molar-refractivity contribution in [2.45, 2.75) is 20.4 Å². The van der Waals surface area contributed by atoms with Crippen molar-refractivity contribution in [1.29, 1.82) is 0 Å². The summed E-state index contributed by atoms with van der Waals surface area (Å²) in [6.45, 7) is 6.00. The lowest BCUT2D eigenvalue weighted by atomic mass is 9.95. The maximum atomic E-state index is 9.09. The average Bonchev–Trinajstić information content (AvgIpc) is 2.21. The van der Waals surface area contributed by atoms with Gasteiger partial charge < -0.3 is 10.4 Å². The molecule has 0 bridgehead atoms. The van der Waals surface area contributed by atoms with Gasteiger partial charge in [-0.25, -0.2) is 0 Å². The minimum atomic E-state index is -0.0385. The Hall–Kier alpha value is -0.130. The van der Waals surface area contributed by atoms with Crippen LogP contribution in [0, 0.1) is 8.99 Å². The molecule has 0 aromatic heterocycles. The summed E-state index contributed by atoms with van der Waals surface area (Å²) in [4.78, 5) is 0. The van der Waals surface area contributed by atoms with Crippen LogP contribution in [0.1, 0.15) is 19.4 Å². The Bertz CT molecular complexity index is 295. The first-order chi connectivity index (χ1) is 7.03. The van der Waals surface area contributed by atoms with Crippen LogP contribution in [0.2, 0.25) is 0 Å². The number of rotatable bonds is 5. The highest BCUT2D eigenvalue weighted by atomic mass is 127. The Morgan fingerprint density at radius 2 is 1.87 bits per heavy atom. The van der Waals surface area contributed by atoms with E-state index in [4.69, 9.17) is 5.11 Å². The molecule has 3 heteroatoms. The molecule has 1 rings (SSSR count). The van der Waals surface area contributed by atoms with Crippen LogP contribution in [0.25, 0.3) is 0 Å². The van der Waals surface area contributed by atoms with Crippen LogP contribution in [0.15, 0.2) is 24.3 Å². The van der Waals surface area contributed by atoms with Crippen molar-refractivity contribution in [3.8, 4) is 0 Å². The predicted octanol–water partition coefficient (Wildman–Crippen LogP) is 2.40. The summed E-state index contributed by atoms with van der Waals surface area (Å²) in [5.74, 6) is 0. The highest BCUT2D eigenvalue weighted by Crippen LogP contribution is 2.12. The second-order valence-electron chi connectivity index (χ2n) is 4.55. The molecule has 15 heavy (non-hydrogen) atoms. The Balaban J connectivity index is 2.35. The van der Waals surface area contributed by atoms with Crippen molar-refractivity contribution >= 4 is 22.6 Å². The van der Waals surface area contributed by atoms with Crippen molar-refractivity contribution in [1.82, 2.24) is 5.32 Å². The van der Waals surface area contributed by atoms with Gasteiger partial charge in [0.05, 0.1) is 0 Å². The van der Waals surface area contributed by atoms with Crippen LogP contribution in [0.3, 0.4) is 0 Å². The number of benzene rings is 1. The molecular formula is C12H18INO. The summed E-state index contributed by atoms with van der Waals surface area (Å²) < 4.78 is 1.26. The first kappa shape index (κ1) is 12.9. The number of nitrogens with one attached hydrogen (secondary N) is 1. The van der Waals surface area contributed by atoms with E-state index in [2.05, 4.69) is 52.2 Å². The summed E-state index contributed by atoms with van der Waals surface area (Å²) >= 11 is 2.30. The van der Waals surface area contributed by atoms with Gasteiger partial charge in [-0.3, -0.25) is 0 Å². The molecule has 0 spiro atoms. The van der Waals surface area contributed by atoms with E-state index in [1.165, 1.54) is 9.13 Å². The van der Waals surface area contributed by atoms with Gasteiger partial charge in [-0.2, -0.15) is 0 Å². The van der Waals surface area contributed by atoms with E-state index in [0.717, 1.165) is 13.1 Å². The number of aliphatic hydroxyl groups excluding tert-OH is 1. The molecule has 2 N–H and O–H groups in total. The van der Waals surface area contributed by atoms with Crippen LogP contribution in [-0.4, -0.2) is 18.3 Å². The van der Waals surface area contributed by atoms with E-state index in [1.807, 2.05) is 13.8 Å². The first-order valence-electron chi connectivity index (χ1n) is 5.09. The van der Waals surface area contributed by atoms with Crippen molar-refractivity contribution in [2.75, 3.05) is 13.2 Å². The lowest BCUT2D eigenvalue weighted by Crippen LogP contribution is -2.31. The third-order valence-corrected chi connectivity index (χ3v) is 2.99. The molecule has 84 valence electrons. The van der Waals surface area contributed by atoms with Gasteiger partial charge in [0.2, 0.25) is 0 Å². The van der Waals surface area contributed by atoms with E-state index >= 15 is 0 Å². The molecular weight excluding hydrogens is 301 g/mol. The molecule has 0 heterocycles.